The minimum absolute atomic E-state index is 0.0525. The van der Waals surface area contributed by atoms with E-state index in [-0.39, 0.29) is 26.9 Å². The lowest BCUT2D eigenvalue weighted by atomic mass is 9.79. The normalized spacial score (nSPS) is 17.9. The number of carbonyl (C=O) groups excluding carboxylic acids is 1. The molecule has 4 N–H and O–H groups in total. The monoisotopic (exact) mass is 542 g/mol. The topological polar surface area (TPSA) is 116 Å². The van der Waals surface area contributed by atoms with E-state index < -0.39 is 32.5 Å². The molecule has 0 saturated carbocycles. The van der Waals surface area contributed by atoms with Crippen LogP contribution in [0.15, 0.2) is 59.5 Å². The summed E-state index contributed by atoms with van der Waals surface area (Å²) in [7, 11) is -4.24. The summed E-state index contributed by atoms with van der Waals surface area (Å²) in [6, 6.07) is 13.9. The summed E-state index contributed by atoms with van der Waals surface area (Å²) in [5, 5.41) is 24.9. The predicted molar refractivity (Wildman–Crippen MR) is 145 cm³/mol. The van der Waals surface area contributed by atoms with Crippen LogP contribution >= 0.6 is 11.6 Å². The standard InChI is InChI=1S/C28H31ClN2O5S/c1-26(2,3)20-14-17(15-21(24(20)32)27(4,5)6)31-37(35,36)23-13-16(11-12-22(23)29)28(34)19-10-8-7-9-18(19)25(33)30-28/h7-15,31-32,34H,1-6H3,(H,30,33). The molecule has 0 fully saturated rings. The number of benzene rings is 3. The molecule has 1 heterocycles. The fourth-order valence-electron chi connectivity index (χ4n) is 4.50. The number of carbonyl (C=O) groups is 1. The Morgan fingerprint density at radius 2 is 1.49 bits per heavy atom. The summed E-state index contributed by atoms with van der Waals surface area (Å²) in [6.07, 6.45) is 0. The van der Waals surface area contributed by atoms with E-state index in [0.717, 1.165) is 0 Å². The van der Waals surface area contributed by atoms with Crippen molar-refractivity contribution < 1.29 is 23.4 Å². The van der Waals surface area contributed by atoms with Gasteiger partial charge in [-0.1, -0.05) is 77.4 Å². The Labute approximate surface area is 222 Å². The summed E-state index contributed by atoms with van der Waals surface area (Å²) < 4.78 is 29.8. The number of aromatic hydroxyl groups is 1. The van der Waals surface area contributed by atoms with Crippen LogP contribution in [0.2, 0.25) is 5.02 Å². The summed E-state index contributed by atoms with van der Waals surface area (Å²) in [5.74, 6) is -0.343. The number of hydrogen-bond donors (Lipinski definition) is 4. The Balaban J connectivity index is 1.81. The van der Waals surface area contributed by atoms with E-state index in [1.807, 2.05) is 41.5 Å². The molecule has 0 bridgehead atoms. The predicted octanol–water partition coefficient (Wildman–Crippen LogP) is 5.38. The number of phenolic OH excluding ortho intramolecular Hbond substituents is 1. The Bertz CT molecular complexity index is 1490. The van der Waals surface area contributed by atoms with Crippen molar-refractivity contribution in [2.24, 2.45) is 0 Å². The minimum Gasteiger partial charge on any atom is -0.507 e. The second-order valence-electron chi connectivity index (χ2n) is 11.4. The Kier molecular flexibility index (Phi) is 6.38. The summed E-state index contributed by atoms with van der Waals surface area (Å²) in [4.78, 5) is 12.2. The molecule has 1 aliphatic heterocycles. The van der Waals surface area contributed by atoms with Crippen LogP contribution < -0.4 is 10.0 Å². The SMILES string of the molecule is CC(C)(C)c1cc(NS(=O)(=O)c2cc(C3(O)NC(=O)c4ccccc43)ccc2Cl)cc(C(C)(C)C)c1O. The van der Waals surface area contributed by atoms with E-state index in [1.165, 1.54) is 18.2 Å². The zero-order chi connectivity index (χ0) is 27.6. The van der Waals surface area contributed by atoms with Crippen molar-refractivity contribution in [2.45, 2.75) is 63.0 Å². The maximum atomic E-state index is 13.6. The van der Waals surface area contributed by atoms with Gasteiger partial charge in [-0.3, -0.25) is 9.52 Å². The molecule has 0 aliphatic carbocycles. The highest BCUT2D eigenvalue weighted by molar-refractivity contribution is 7.92. The van der Waals surface area contributed by atoms with Crippen LogP contribution in [-0.4, -0.2) is 24.5 Å². The molecule has 196 valence electrons. The van der Waals surface area contributed by atoms with Crippen LogP contribution in [0.4, 0.5) is 5.69 Å². The average molecular weight is 543 g/mol. The molecule has 9 heteroatoms. The summed E-state index contributed by atoms with van der Waals surface area (Å²) in [5.41, 5.74) is -0.605. The number of anilines is 1. The van der Waals surface area contributed by atoms with Gasteiger partial charge in [-0.05, 0) is 41.2 Å². The highest BCUT2D eigenvalue weighted by Gasteiger charge is 2.43. The molecule has 0 spiro atoms. The van der Waals surface area contributed by atoms with Crippen LogP contribution in [0.1, 0.15) is 74.2 Å². The zero-order valence-electron chi connectivity index (χ0n) is 21.6. The number of halogens is 1. The van der Waals surface area contributed by atoms with Gasteiger partial charge < -0.3 is 15.5 Å². The van der Waals surface area contributed by atoms with E-state index in [4.69, 9.17) is 11.6 Å². The number of sulfonamides is 1. The molecular weight excluding hydrogens is 512 g/mol. The molecule has 1 unspecified atom stereocenters. The third-order valence-electron chi connectivity index (χ3n) is 6.47. The van der Waals surface area contributed by atoms with Gasteiger partial charge in [0.1, 0.15) is 10.6 Å². The van der Waals surface area contributed by atoms with Crippen molar-refractivity contribution in [3.8, 4) is 5.75 Å². The Morgan fingerprint density at radius 3 is 2.05 bits per heavy atom. The van der Waals surface area contributed by atoms with Crippen LogP contribution in [0.3, 0.4) is 0 Å². The van der Waals surface area contributed by atoms with E-state index in [9.17, 15) is 23.4 Å². The van der Waals surface area contributed by atoms with Crippen molar-refractivity contribution in [1.82, 2.24) is 5.32 Å². The quantitative estimate of drug-likeness (QED) is 0.330. The largest absolute Gasteiger partial charge is 0.507 e. The van der Waals surface area contributed by atoms with Gasteiger partial charge in [0.2, 0.25) is 0 Å². The minimum atomic E-state index is -4.24. The van der Waals surface area contributed by atoms with Gasteiger partial charge in [0.15, 0.2) is 5.72 Å². The fourth-order valence-corrected chi connectivity index (χ4v) is 6.07. The molecule has 0 aromatic heterocycles. The van der Waals surface area contributed by atoms with Crippen molar-refractivity contribution in [3.63, 3.8) is 0 Å². The Hall–Kier alpha value is -3.07. The molecular formula is C28H31ClN2O5S. The highest BCUT2D eigenvalue weighted by atomic mass is 35.5. The molecule has 4 rings (SSSR count). The lowest BCUT2D eigenvalue weighted by Crippen LogP contribution is -2.40. The van der Waals surface area contributed by atoms with E-state index in [2.05, 4.69) is 10.0 Å². The first-order chi connectivity index (χ1) is 16.9. The third-order valence-corrected chi connectivity index (χ3v) is 8.34. The second kappa shape index (κ2) is 8.75. The first kappa shape index (κ1) is 27.0. The van der Waals surface area contributed by atoms with E-state index >= 15 is 0 Å². The van der Waals surface area contributed by atoms with Gasteiger partial charge >= 0.3 is 0 Å². The van der Waals surface area contributed by atoms with Gasteiger partial charge in [-0.15, -0.1) is 0 Å². The van der Waals surface area contributed by atoms with Crippen molar-refractivity contribution >= 4 is 33.2 Å². The van der Waals surface area contributed by atoms with Gasteiger partial charge in [0.25, 0.3) is 15.9 Å². The van der Waals surface area contributed by atoms with Crippen LogP contribution in [0.25, 0.3) is 0 Å². The van der Waals surface area contributed by atoms with Crippen LogP contribution in [-0.2, 0) is 26.6 Å². The number of amides is 1. The number of aliphatic hydroxyl groups is 1. The Morgan fingerprint density at radius 1 is 0.919 bits per heavy atom. The lowest BCUT2D eigenvalue weighted by molar-refractivity contribution is 0.0474. The molecule has 1 amide bonds. The molecule has 3 aromatic carbocycles. The first-order valence-electron chi connectivity index (χ1n) is 11.8. The third kappa shape index (κ3) is 4.81. The lowest BCUT2D eigenvalue weighted by Gasteiger charge is -2.28. The smallest absolute Gasteiger partial charge is 0.263 e. The molecule has 0 saturated heterocycles. The van der Waals surface area contributed by atoms with E-state index in [0.29, 0.717) is 22.3 Å². The van der Waals surface area contributed by atoms with Gasteiger partial charge in [0.05, 0.1) is 5.02 Å². The molecule has 1 atom stereocenters. The van der Waals surface area contributed by atoms with Gasteiger partial charge in [0, 0.05) is 33.5 Å². The van der Waals surface area contributed by atoms with Crippen LogP contribution in [0.5, 0.6) is 5.75 Å². The first-order valence-corrected chi connectivity index (χ1v) is 13.7. The van der Waals surface area contributed by atoms with Crippen molar-refractivity contribution in [2.75, 3.05) is 4.72 Å². The molecule has 1 aliphatic rings. The van der Waals surface area contributed by atoms with Crippen LogP contribution in [0, 0.1) is 0 Å². The maximum Gasteiger partial charge on any atom is 0.263 e. The maximum absolute atomic E-state index is 13.6. The molecule has 7 nitrogen and oxygen atoms in total. The summed E-state index contributed by atoms with van der Waals surface area (Å²) >= 11 is 6.33. The number of rotatable bonds is 4. The number of phenols is 1. The fraction of sp³-hybridized carbons (Fsp3) is 0.321. The highest BCUT2D eigenvalue weighted by Crippen LogP contribution is 2.42. The molecule has 37 heavy (non-hydrogen) atoms. The zero-order valence-corrected chi connectivity index (χ0v) is 23.2. The number of fused-ring (bicyclic) bond motifs is 1. The van der Waals surface area contributed by atoms with Gasteiger partial charge in [-0.25, -0.2) is 8.42 Å². The second-order valence-corrected chi connectivity index (χ2v) is 13.4. The van der Waals surface area contributed by atoms with Gasteiger partial charge in [-0.2, -0.15) is 0 Å². The molecule has 3 aromatic rings. The average Bonchev–Trinajstić information content (AvgIpc) is 3.04. The van der Waals surface area contributed by atoms with Crippen molar-refractivity contribution in [3.05, 3.63) is 87.4 Å². The number of nitrogens with one attached hydrogen (secondary N) is 2. The van der Waals surface area contributed by atoms with E-state index in [1.54, 1.807) is 36.4 Å². The molecule has 0 radical (unpaired) electrons. The summed E-state index contributed by atoms with van der Waals surface area (Å²) in [6.45, 7) is 11.6. The number of hydrogen-bond acceptors (Lipinski definition) is 5. The van der Waals surface area contributed by atoms with Crippen molar-refractivity contribution in [1.29, 1.82) is 0 Å².